The zero-order chi connectivity index (χ0) is 12.8. The number of ether oxygens (including phenoxy) is 1. The summed E-state index contributed by atoms with van der Waals surface area (Å²) < 4.78 is 5.22. The van der Waals surface area contributed by atoms with E-state index in [1.807, 2.05) is 6.92 Å². The van der Waals surface area contributed by atoms with Crippen LogP contribution >= 0.6 is 0 Å². The Morgan fingerprint density at radius 3 is 2.89 bits per heavy atom. The summed E-state index contributed by atoms with van der Waals surface area (Å²) in [5.74, 6) is 1.65. The third-order valence-corrected chi connectivity index (χ3v) is 5.90. The fraction of sp³-hybridized carbons (Fsp3) is 0.933. The Hall–Kier alpha value is -0.570. The predicted octanol–water partition coefficient (Wildman–Crippen LogP) is 2.48. The molecule has 0 radical (unpaired) electrons. The number of rotatable bonds is 2. The third kappa shape index (κ3) is 1.70. The van der Waals surface area contributed by atoms with Crippen molar-refractivity contribution in [2.45, 2.75) is 57.9 Å². The summed E-state index contributed by atoms with van der Waals surface area (Å²) >= 11 is 0. The number of carbonyl (C=O) groups excluding carboxylic acids is 1. The summed E-state index contributed by atoms with van der Waals surface area (Å²) in [5.41, 5.74) is 6.79. The van der Waals surface area contributed by atoms with Crippen molar-refractivity contribution in [2.24, 2.45) is 28.9 Å². The van der Waals surface area contributed by atoms with Crippen LogP contribution in [0.1, 0.15) is 51.9 Å². The van der Waals surface area contributed by atoms with Crippen LogP contribution in [0.15, 0.2) is 0 Å². The van der Waals surface area contributed by atoms with Crippen molar-refractivity contribution in [1.29, 1.82) is 0 Å². The average Bonchev–Trinajstić information content (AvgIpc) is 2.94. The van der Waals surface area contributed by atoms with Crippen LogP contribution in [0.4, 0.5) is 0 Å². The molecule has 0 saturated heterocycles. The Kier molecular flexibility index (Phi) is 3.13. The summed E-state index contributed by atoms with van der Waals surface area (Å²) in [7, 11) is 0. The molecule has 3 saturated carbocycles. The summed E-state index contributed by atoms with van der Waals surface area (Å²) in [6.07, 6.45) is 8.37. The highest BCUT2D eigenvalue weighted by atomic mass is 16.5. The number of fused-ring (bicyclic) bond motifs is 3. The van der Waals surface area contributed by atoms with E-state index in [0.29, 0.717) is 12.6 Å². The maximum Gasteiger partial charge on any atom is 0.308 e. The van der Waals surface area contributed by atoms with Crippen molar-refractivity contribution >= 4 is 5.97 Å². The summed E-state index contributed by atoms with van der Waals surface area (Å²) in [5, 5.41) is 0. The lowest BCUT2D eigenvalue weighted by molar-refractivity contribution is -0.151. The number of esters is 1. The fourth-order valence-corrected chi connectivity index (χ4v) is 5.08. The minimum atomic E-state index is 0.0200. The van der Waals surface area contributed by atoms with Crippen molar-refractivity contribution in [2.75, 3.05) is 6.61 Å². The molecule has 3 nitrogen and oxygen atoms in total. The van der Waals surface area contributed by atoms with Gasteiger partial charge in [0.05, 0.1) is 12.5 Å². The quantitative estimate of drug-likeness (QED) is 0.767. The molecule has 2 bridgehead atoms. The van der Waals surface area contributed by atoms with Gasteiger partial charge in [-0.05, 0) is 62.7 Å². The van der Waals surface area contributed by atoms with Crippen molar-refractivity contribution in [3.63, 3.8) is 0 Å². The van der Waals surface area contributed by atoms with Crippen molar-refractivity contribution in [1.82, 2.24) is 0 Å². The van der Waals surface area contributed by atoms with Gasteiger partial charge in [-0.1, -0.05) is 6.42 Å². The molecule has 3 aliphatic carbocycles. The molecule has 0 heterocycles. The molecule has 3 fully saturated rings. The van der Waals surface area contributed by atoms with Crippen LogP contribution in [0.5, 0.6) is 0 Å². The monoisotopic (exact) mass is 251 g/mol. The maximum atomic E-state index is 12.0. The van der Waals surface area contributed by atoms with Crippen LogP contribution in [-0.4, -0.2) is 18.6 Å². The Labute approximate surface area is 109 Å². The molecule has 102 valence electrons. The van der Waals surface area contributed by atoms with E-state index in [1.54, 1.807) is 0 Å². The number of hydrogen-bond acceptors (Lipinski definition) is 3. The topological polar surface area (TPSA) is 52.3 Å². The number of hydrogen-bond donors (Lipinski definition) is 1. The SMILES string of the molecule is CCOC(=O)[C@H]1CCC[C@]2(C1)[C@@H]1CC[C@@H](C1)[C@@H]2N. The molecule has 0 aliphatic heterocycles. The summed E-state index contributed by atoms with van der Waals surface area (Å²) in [4.78, 5) is 12.0. The van der Waals surface area contributed by atoms with E-state index in [2.05, 4.69) is 0 Å². The first-order valence-corrected chi connectivity index (χ1v) is 7.59. The zero-order valence-electron chi connectivity index (χ0n) is 11.4. The smallest absolute Gasteiger partial charge is 0.308 e. The van der Waals surface area contributed by atoms with E-state index in [-0.39, 0.29) is 17.3 Å². The second kappa shape index (κ2) is 4.52. The minimum Gasteiger partial charge on any atom is -0.466 e. The second-order valence-electron chi connectivity index (χ2n) is 6.57. The molecule has 0 aromatic heterocycles. The van der Waals surface area contributed by atoms with Crippen LogP contribution in [0, 0.1) is 23.2 Å². The van der Waals surface area contributed by atoms with Gasteiger partial charge in [-0.15, -0.1) is 0 Å². The maximum absolute atomic E-state index is 12.0. The van der Waals surface area contributed by atoms with Gasteiger partial charge in [0.2, 0.25) is 0 Å². The van der Waals surface area contributed by atoms with Crippen molar-refractivity contribution < 1.29 is 9.53 Å². The zero-order valence-corrected chi connectivity index (χ0v) is 11.4. The molecule has 1 spiro atoms. The van der Waals surface area contributed by atoms with E-state index in [0.717, 1.165) is 31.1 Å². The molecule has 5 atom stereocenters. The van der Waals surface area contributed by atoms with Gasteiger partial charge in [0.1, 0.15) is 0 Å². The highest BCUT2D eigenvalue weighted by Gasteiger charge is 2.58. The number of nitrogens with two attached hydrogens (primary N) is 1. The van der Waals surface area contributed by atoms with Gasteiger partial charge in [-0.25, -0.2) is 0 Å². The summed E-state index contributed by atoms with van der Waals surface area (Å²) in [6, 6.07) is 0.341. The van der Waals surface area contributed by atoms with E-state index in [9.17, 15) is 4.79 Å². The molecular weight excluding hydrogens is 226 g/mol. The molecule has 3 heteroatoms. The summed E-state index contributed by atoms with van der Waals surface area (Å²) in [6.45, 7) is 2.39. The largest absolute Gasteiger partial charge is 0.466 e. The molecule has 0 aromatic carbocycles. The standard InChI is InChI=1S/C15H25NO2/c1-2-18-14(17)11-4-3-7-15(9-11)12-6-5-10(8-12)13(15)16/h10-13H,2-9,16H2,1H3/t10-,11-,12+,13-,15-/m0/s1. The first-order chi connectivity index (χ1) is 8.67. The van der Waals surface area contributed by atoms with Crippen LogP contribution in [-0.2, 0) is 9.53 Å². The number of carbonyl (C=O) groups is 1. The molecular formula is C15H25NO2. The van der Waals surface area contributed by atoms with Gasteiger partial charge in [-0.2, -0.15) is 0 Å². The molecule has 0 amide bonds. The molecule has 3 aliphatic rings. The Morgan fingerprint density at radius 1 is 1.39 bits per heavy atom. The fourth-order valence-electron chi connectivity index (χ4n) is 5.08. The van der Waals surface area contributed by atoms with Gasteiger partial charge in [0.15, 0.2) is 0 Å². The molecule has 0 aromatic rings. The van der Waals surface area contributed by atoms with Gasteiger partial charge in [-0.3, -0.25) is 4.79 Å². The van der Waals surface area contributed by atoms with Crippen molar-refractivity contribution in [3.8, 4) is 0 Å². The third-order valence-electron chi connectivity index (χ3n) is 5.90. The highest BCUT2D eigenvalue weighted by Crippen LogP contribution is 2.61. The van der Waals surface area contributed by atoms with Crippen LogP contribution in [0.25, 0.3) is 0 Å². The van der Waals surface area contributed by atoms with Gasteiger partial charge in [0.25, 0.3) is 0 Å². The van der Waals surface area contributed by atoms with E-state index in [1.165, 1.54) is 25.7 Å². The van der Waals surface area contributed by atoms with Crippen LogP contribution in [0.2, 0.25) is 0 Å². The van der Waals surface area contributed by atoms with E-state index < -0.39 is 0 Å². The first-order valence-electron chi connectivity index (χ1n) is 7.59. The minimum absolute atomic E-state index is 0.0200. The predicted molar refractivity (Wildman–Crippen MR) is 69.8 cm³/mol. The lowest BCUT2D eigenvalue weighted by atomic mass is 9.59. The van der Waals surface area contributed by atoms with Crippen LogP contribution in [0.3, 0.4) is 0 Å². The van der Waals surface area contributed by atoms with E-state index in [4.69, 9.17) is 10.5 Å². The first kappa shape index (κ1) is 12.5. The van der Waals surface area contributed by atoms with Gasteiger partial charge < -0.3 is 10.5 Å². The average molecular weight is 251 g/mol. The molecule has 2 N–H and O–H groups in total. The lowest BCUT2D eigenvalue weighted by Crippen LogP contribution is -2.49. The normalized spacial score (nSPS) is 46.6. The second-order valence-corrected chi connectivity index (χ2v) is 6.57. The molecule has 3 rings (SSSR count). The molecule has 0 unspecified atom stereocenters. The highest BCUT2D eigenvalue weighted by molar-refractivity contribution is 5.72. The van der Waals surface area contributed by atoms with E-state index >= 15 is 0 Å². The Balaban J connectivity index is 1.75. The van der Waals surface area contributed by atoms with Gasteiger partial charge in [0, 0.05) is 6.04 Å². The molecule has 18 heavy (non-hydrogen) atoms. The van der Waals surface area contributed by atoms with Gasteiger partial charge >= 0.3 is 5.97 Å². The lowest BCUT2D eigenvalue weighted by Gasteiger charge is -2.47. The van der Waals surface area contributed by atoms with Crippen molar-refractivity contribution in [3.05, 3.63) is 0 Å². The Morgan fingerprint density at radius 2 is 2.22 bits per heavy atom. The van der Waals surface area contributed by atoms with Crippen LogP contribution < -0.4 is 5.73 Å². The Bertz CT molecular complexity index is 339.